The van der Waals surface area contributed by atoms with E-state index in [1.165, 1.54) is 16.7 Å². The summed E-state index contributed by atoms with van der Waals surface area (Å²) in [6, 6.07) is 8.45. The summed E-state index contributed by atoms with van der Waals surface area (Å²) in [5.74, 6) is 0.957. The van der Waals surface area contributed by atoms with Crippen LogP contribution in [-0.4, -0.2) is 53.9 Å². The first-order valence-electron chi connectivity index (χ1n) is 9.27. The predicted molar refractivity (Wildman–Crippen MR) is 120 cm³/mol. The number of aliphatic imine (C=N–C) groups is 1. The number of morpholine rings is 1. The van der Waals surface area contributed by atoms with E-state index in [1.807, 2.05) is 25.0 Å². The summed E-state index contributed by atoms with van der Waals surface area (Å²) in [6.45, 7) is 5.45. The van der Waals surface area contributed by atoms with Crippen molar-refractivity contribution in [2.24, 2.45) is 12.0 Å². The summed E-state index contributed by atoms with van der Waals surface area (Å²) in [5.41, 5.74) is 3.82. The van der Waals surface area contributed by atoms with E-state index in [2.05, 4.69) is 57.7 Å². The first-order chi connectivity index (χ1) is 12.7. The average Bonchev–Trinajstić information content (AvgIpc) is 3.07. The fourth-order valence-electron chi connectivity index (χ4n) is 3.40. The van der Waals surface area contributed by atoms with Gasteiger partial charge in [0.25, 0.3) is 0 Å². The molecule has 6 nitrogen and oxygen atoms in total. The summed E-state index contributed by atoms with van der Waals surface area (Å²) in [4.78, 5) is 6.77. The van der Waals surface area contributed by atoms with Crippen molar-refractivity contribution in [3.05, 3.63) is 53.3 Å². The molecule has 0 spiro atoms. The third kappa shape index (κ3) is 5.93. The largest absolute Gasteiger partial charge is 0.370 e. The zero-order valence-corrected chi connectivity index (χ0v) is 18.7. The molecule has 1 saturated heterocycles. The zero-order chi connectivity index (χ0) is 18.4. The van der Waals surface area contributed by atoms with Gasteiger partial charge >= 0.3 is 0 Å². The molecule has 0 saturated carbocycles. The van der Waals surface area contributed by atoms with E-state index in [1.54, 1.807) is 0 Å². The van der Waals surface area contributed by atoms with Crippen LogP contribution in [-0.2, 0) is 18.2 Å². The van der Waals surface area contributed by atoms with Gasteiger partial charge in [0.2, 0.25) is 0 Å². The Morgan fingerprint density at radius 1 is 1.37 bits per heavy atom. The summed E-state index contributed by atoms with van der Waals surface area (Å²) < 4.78 is 7.87. The van der Waals surface area contributed by atoms with E-state index in [0.717, 1.165) is 45.0 Å². The number of ether oxygens (including phenoxy) is 1. The van der Waals surface area contributed by atoms with Crippen molar-refractivity contribution in [3.8, 4) is 0 Å². The molecule has 0 bridgehead atoms. The van der Waals surface area contributed by atoms with Crippen molar-refractivity contribution in [3.63, 3.8) is 0 Å². The summed E-state index contributed by atoms with van der Waals surface area (Å²) in [7, 11) is 3.80. The molecule has 1 aliphatic heterocycles. The lowest BCUT2D eigenvalue weighted by atomic mass is 10.0. The monoisotopic (exact) mass is 483 g/mol. The van der Waals surface area contributed by atoms with Crippen LogP contribution in [0.2, 0.25) is 0 Å². The molecule has 1 N–H and O–H groups in total. The SMILES string of the molecule is CN=C(NCCCc1cnn(C)c1)N1CCOC(c2ccccc2C)C1.I. The van der Waals surface area contributed by atoms with Crippen molar-refractivity contribution in [2.75, 3.05) is 33.3 Å². The molecular formula is C20H30IN5O. The number of benzene rings is 1. The molecule has 1 unspecified atom stereocenters. The van der Waals surface area contributed by atoms with Crippen LogP contribution in [0, 0.1) is 6.92 Å². The standard InChI is InChI=1S/C20H29N5O.HI/c1-16-7-4-5-9-18(16)19-15-25(11-12-26-19)20(21-2)22-10-6-8-17-13-23-24(3)14-17;/h4-5,7,9,13-14,19H,6,8,10-12,15H2,1-3H3,(H,21,22);1H. The maximum atomic E-state index is 6.02. The van der Waals surface area contributed by atoms with Crippen molar-refractivity contribution in [2.45, 2.75) is 25.9 Å². The van der Waals surface area contributed by atoms with Gasteiger partial charge in [-0.1, -0.05) is 24.3 Å². The molecule has 0 radical (unpaired) electrons. The van der Waals surface area contributed by atoms with Gasteiger partial charge in [0.1, 0.15) is 6.10 Å². The molecule has 27 heavy (non-hydrogen) atoms. The number of rotatable bonds is 5. The number of hydrogen-bond donors (Lipinski definition) is 1. The summed E-state index contributed by atoms with van der Waals surface area (Å²) in [5, 5.41) is 7.71. The topological polar surface area (TPSA) is 54.7 Å². The normalized spacial score (nSPS) is 17.5. The molecule has 0 aliphatic carbocycles. The van der Waals surface area contributed by atoms with Crippen LogP contribution in [0.25, 0.3) is 0 Å². The van der Waals surface area contributed by atoms with Crippen LogP contribution in [0.15, 0.2) is 41.7 Å². The fourth-order valence-corrected chi connectivity index (χ4v) is 3.40. The summed E-state index contributed by atoms with van der Waals surface area (Å²) >= 11 is 0. The second-order valence-corrected chi connectivity index (χ2v) is 6.76. The van der Waals surface area contributed by atoms with Crippen molar-refractivity contribution < 1.29 is 4.74 Å². The molecular weight excluding hydrogens is 453 g/mol. The second-order valence-electron chi connectivity index (χ2n) is 6.76. The highest BCUT2D eigenvalue weighted by molar-refractivity contribution is 14.0. The molecule has 1 fully saturated rings. The molecule has 1 aliphatic rings. The van der Waals surface area contributed by atoms with Gasteiger partial charge in [-0.3, -0.25) is 9.67 Å². The van der Waals surface area contributed by atoms with E-state index < -0.39 is 0 Å². The van der Waals surface area contributed by atoms with Crippen molar-refractivity contribution in [1.29, 1.82) is 0 Å². The van der Waals surface area contributed by atoms with Gasteiger partial charge in [-0.2, -0.15) is 5.10 Å². The fraction of sp³-hybridized carbons (Fsp3) is 0.500. The van der Waals surface area contributed by atoms with Gasteiger partial charge in [-0.05, 0) is 36.5 Å². The third-order valence-corrected chi connectivity index (χ3v) is 4.80. The lowest BCUT2D eigenvalue weighted by molar-refractivity contribution is -0.00830. The van der Waals surface area contributed by atoms with E-state index in [-0.39, 0.29) is 30.1 Å². The highest BCUT2D eigenvalue weighted by atomic mass is 127. The smallest absolute Gasteiger partial charge is 0.193 e. The number of halogens is 1. The second kappa shape index (κ2) is 10.7. The van der Waals surface area contributed by atoms with Crippen molar-refractivity contribution >= 4 is 29.9 Å². The van der Waals surface area contributed by atoms with Crippen molar-refractivity contribution in [1.82, 2.24) is 20.0 Å². The molecule has 1 aromatic carbocycles. The van der Waals surface area contributed by atoms with Crippen LogP contribution < -0.4 is 5.32 Å². The Bertz CT molecular complexity index is 745. The van der Waals surface area contributed by atoms with Crippen LogP contribution in [0.4, 0.5) is 0 Å². The first-order valence-corrected chi connectivity index (χ1v) is 9.27. The van der Waals surface area contributed by atoms with E-state index in [4.69, 9.17) is 4.74 Å². The lowest BCUT2D eigenvalue weighted by Gasteiger charge is -2.35. The average molecular weight is 483 g/mol. The molecule has 148 valence electrons. The summed E-state index contributed by atoms with van der Waals surface area (Å²) in [6.07, 6.45) is 6.18. The van der Waals surface area contributed by atoms with Gasteiger partial charge in [-0.15, -0.1) is 24.0 Å². The molecule has 1 atom stereocenters. The highest BCUT2D eigenvalue weighted by Crippen LogP contribution is 2.24. The van der Waals surface area contributed by atoms with E-state index >= 15 is 0 Å². The number of aromatic nitrogens is 2. The molecule has 7 heteroatoms. The lowest BCUT2D eigenvalue weighted by Crippen LogP contribution is -2.48. The number of nitrogens with one attached hydrogen (secondary N) is 1. The molecule has 1 aromatic heterocycles. The molecule has 3 rings (SSSR count). The van der Waals surface area contributed by atoms with Gasteiger partial charge in [-0.25, -0.2) is 0 Å². The van der Waals surface area contributed by atoms with Gasteiger partial charge in [0.15, 0.2) is 5.96 Å². The molecule has 2 aromatic rings. The maximum Gasteiger partial charge on any atom is 0.193 e. The Morgan fingerprint density at radius 2 is 2.19 bits per heavy atom. The minimum Gasteiger partial charge on any atom is -0.370 e. The van der Waals surface area contributed by atoms with Crippen LogP contribution in [0.1, 0.15) is 29.2 Å². The Balaban J connectivity index is 0.00000261. The van der Waals surface area contributed by atoms with Gasteiger partial charge < -0.3 is 15.0 Å². The molecule has 2 heterocycles. The first kappa shape index (κ1) is 21.7. The number of hydrogen-bond acceptors (Lipinski definition) is 3. The maximum absolute atomic E-state index is 6.02. The van der Waals surface area contributed by atoms with E-state index in [0.29, 0.717) is 0 Å². The Morgan fingerprint density at radius 3 is 2.89 bits per heavy atom. The number of nitrogens with zero attached hydrogens (tertiary/aromatic N) is 4. The third-order valence-electron chi connectivity index (χ3n) is 4.80. The zero-order valence-electron chi connectivity index (χ0n) is 16.4. The number of aryl methyl sites for hydroxylation is 3. The van der Waals surface area contributed by atoms with E-state index in [9.17, 15) is 0 Å². The predicted octanol–water partition coefficient (Wildman–Crippen LogP) is 2.93. The van der Waals surface area contributed by atoms with Crippen LogP contribution in [0.5, 0.6) is 0 Å². The van der Waals surface area contributed by atoms with Crippen LogP contribution >= 0.6 is 24.0 Å². The van der Waals surface area contributed by atoms with Crippen LogP contribution in [0.3, 0.4) is 0 Å². The molecule has 0 amide bonds. The number of guanidine groups is 1. The minimum atomic E-state index is 0. The van der Waals surface area contributed by atoms with Gasteiger partial charge in [0.05, 0.1) is 19.3 Å². The van der Waals surface area contributed by atoms with Gasteiger partial charge in [0, 0.05) is 33.4 Å². The Labute approximate surface area is 179 Å². The highest BCUT2D eigenvalue weighted by Gasteiger charge is 2.24. The Kier molecular flexibility index (Phi) is 8.56. The quantitative estimate of drug-likeness (QED) is 0.308. The minimum absolute atomic E-state index is 0. The Hall–Kier alpha value is -1.61.